The van der Waals surface area contributed by atoms with Crippen molar-refractivity contribution >= 4 is 5.96 Å². The highest BCUT2D eigenvalue weighted by Crippen LogP contribution is 2.25. The highest BCUT2D eigenvalue weighted by Gasteiger charge is 2.29. The van der Waals surface area contributed by atoms with E-state index >= 15 is 0 Å². The van der Waals surface area contributed by atoms with Crippen molar-refractivity contribution in [2.75, 3.05) is 45.9 Å². The van der Waals surface area contributed by atoms with Crippen LogP contribution in [0.3, 0.4) is 0 Å². The van der Waals surface area contributed by atoms with Crippen molar-refractivity contribution in [2.24, 2.45) is 10.9 Å². The molecule has 0 aromatic rings. The smallest absolute Gasteiger partial charge is 0.191 e. The molecule has 2 saturated heterocycles. The molecule has 0 aromatic heterocycles. The zero-order valence-electron chi connectivity index (χ0n) is 16.1. The number of hydrogen-bond donors (Lipinski definition) is 2. The van der Waals surface area contributed by atoms with Crippen molar-refractivity contribution in [1.82, 2.24) is 15.5 Å². The average Bonchev–Trinajstić information content (AvgIpc) is 3.01. The van der Waals surface area contributed by atoms with Gasteiger partial charge in [0.15, 0.2) is 5.96 Å². The lowest BCUT2D eigenvalue weighted by Gasteiger charge is -2.30. The maximum atomic E-state index is 5.82. The molecule has 140 valence electrons. The Hall–Kier alpha value is -0.810. The minimum atomic E-state index is -0.0618. The van der Waals surface area contributed by atoms with Crippen LogP contribution in [-0.4, -0.2) is 62.3 Å². The molecule has 2 fully saturated rings. The molecule has 0 radical (unpaired) electrons. The molecule has 0 amide bonds. The van der Waals surface area contributed by atoms with Gasteiger partial charge in [0.1, 0.15) is 0 Å². The minimum Gasteiger partial charge on any atom is -0.373 e. The largest absolute Gasteiger partial charge is 0.373 e. The molecule has 0 aromatic carbocycles. The van der Waals surface area contributed by atoms with Gasteiger partial charge in [-0.05, 0) is 77.9 Å². The van der Waals surface area contributed by atoms with Crippen LogP contribution in [0, 0.1) is 5.92 Å². The fraction of sp³-hybridized carbons (Fsp3) is 0.947. The molecule has 0 bridgehead atoms. The van der Waals surface area contributed by atoms with E-state index in [0.717, 1.165) is 51.0 Å². The highest BCUT2D eigenvalue weighted by atomic mass is 16.5. The van der Waals surface area contributed by atoms with Gasteiger partial charge < -0.3 is 20.3 Å². The van der Waals surface area contributed by atoms with E-state index in [1.54, 1.807) is 0 Å². The van der Waals surface area contributed by atoms with E-state index in [-0.39, 0.29) is 5.60 Å². The predicted octanol–water partition coefficient (Wildman–Crippen LogP) is 2.62. The van der Waals surface area contributed by atoms with Crippen molar-refractivity contribution < 1.29 is 4.74 Å². The standard InChI is InChI=1S/C19H38N4O/c1-4-20-18(22-16-19(3)10-7-15-24-19)21-11-5-6-12-23-13-8-17(2)9-14-23/h17H,4-16H2,1-3H3,(H2,20,21,22). The summed E-state index contributed by atoms with van der Waals surface area (Å²) in [5.74, 6) is 1.86. The number of nitrogens with zero attached hydrogens (tertiary/aromatic N) is 2. The molecule has 2 heterocycles. The van der Waals surface area contributed by atoms with Crippen LogP contribution >= 0.6 is 0 Å². The predicted molar refractivity (Wildman–Crippen MR) is 102 cm³/mol. The van der Waals surface area contributed by atoms with Gasteiger partial charge in [-0.2, -0.15) is 0 Å². The van der Waals surface area contributed by atoms with Gasteiger partial charge in [0.25, 0.3) is 0 Å². The Morgan fingerprint density at radius 1 is 1.25 bits per heavy atom. The second kappa shape index (κ2) is 10.2. The van der Waals surface area contributed by atoms with Gasteiger partial charge in [0.2, 0.25) is 0 Å². The monoisotopic (exact) mass is 338 g/mol. The summed E-state index contributed by atoms with van der Waals surface area (Å²) in [6.07, 6.45) is 7.48. The van der Waals surface area contributed by atoms with Gasteiger partial charge in [-0.1, -0.05) is 6.92 Å². The van der Waals surface area contributed by atoms with Gasteiger partial charge in [-0.3, -0.25) is 4.99 Å². The van der Waals surface area contributed by atoms with E-state index in [1.165, 1.54) is 45.3 Å². The number of aliphatic imine (C=N–C) groups is 1. The number of likely N-dealkylation sites (tertiary alicyclic amines) is 1. The van der Waals surface area contributed by atoms with Crippen LogP contribution in [0.2, 0.25) is 0 Å². The molecule has 24 heavy (non-hydrogen) atoms. The molecule has 1 atom stereocenters. The second-order valence-corrected chi connectivity index (χ2v) is 7.76. The molecule has 2 rings (SSSR count). The van der Waals surface area contributed by atoms with Crippen LogP contribution in [-0.2, 0) is 4.74 Å². The minimum absolute atomic E-state index is 0.0618. The third-order valence-corrected chi connectivity index (χ3v) is 5.29. The highest BCUT2D eigenvalue weighted by molar-refractivity contribution is 5.79. The molecule has 0 saturated carbocycles. The first-order chi connectivity index (χ1) is 11.6. The van der Waals surface area contributed by atoms with E-state index in [4.69, 9.17) is 9.73 Å². The van der Waals surface area contributed by atoms with Crippen LogP contribution in [0.15, 0.2) is 4.99 Å². The SMILES string of the molecule is CCNC(=NCC1(C)CCCO1)NCCCCN1CCC(C)CC1. The molecule has 2 aliphatic rings. The fourth-order valence-electron chi connectivity index (χ4n) is 3.50. The molecule has 0 aliphatic carbocycles. The fourth-order valence-corrected chi connectivity index (χ4v) is 3.50. The lowest BCUT2D eigenvalue weighted by atomic mass is 9.99. The van der Waals surface area contributed by atoms with Gasteiger partial charge in [-0.15, -0.1) is 0 Å². The zero-order valence-corrected chi connectivity index (χ0v) is 16.1. The first kappa shape index (κ1) is 19.5. The van der Waals surface area contributed by atoms with E-state index in [9.17, 15) is 0 Å². The molecule has 2 N–H and O–H groups in total. The molecule has 0 spiro atoms. The molecular formula is C19H38N4O. The van der Waals surface area contributed by atoms with Crippen LogP contribution in [0.25, 0.3) is 0 Å². The molecule has 2 aliphatic heterocycles. The summed E-state index contributed by atoms with van der Waals surface area (Å²) in [4.78, 5) is 7.34. The van der Waals surface area contributed by atoms with Crippen LogP contribution < -0.4 is 10.6 Å². The van der Waals surface area contributed by atoms with Crippen molar-refractivity contribution in [3.63, 3.8) is 0 Å². The van der Waals surface area contributed by atoms with Crippen molar-refractivity contribution in [3.8, 4) is 0 Å². The molecule has 5 heteroatoms. The Bertz CT molecular complexity index is 372. The van der Waals surface area contributed by atoms with Crippen LogP contribution in [0.5, 0.6) is 0 Å². The number of ether oxygens (including phenoxy) is 1. The van der Waals surface area contributed by atoms with Crippen molar-refractivity contribution in [1.29, 1.82) is 0 Å². The van der Waals surface area contributed by atoms with Crippen molar-refractivity contribution in [2.45, 2.75) is 64.9 Å². The van der Waals surface area contributed by atoms with Gasteiger partial charge in [-0.25, -0.2) is 0 Å². The number of rotatable bonds is 8. The first-order valence-corrected chi connectivity index (χ1v) is 10.00. The van der Waals surface area contributed by atoms with E-state index in [1.807, 2.05) is 0 Å². The number of unbranched alkanes of at least 4 members (excludes halogenated alkanes) is 1. The van der Waals surface area contributed by atoms with Gasteiger partial charge >= 0.3 is 0 Å². The van der Waals surface area contributed by atoms with Crippen molar-refractivity contribution in [3.05, 3.63) is 0 Å². The van der Waals surface area contributed by atoms with Crippen LogP contribution in [0.1, 0.15) is 59.3 Å². The number of guanidine groups is 1. The Labute approximate surface area is 148 Å². The number of piperidine rings is 1. The topological polar surface area (TPSA) is 48.9 Å². The Kier molecular flexibility index (Phi) is 8.33. The maximum absolute atomic E-state index is 5.82. The summed E-state index contributed by atoms with van der Waals surface area (Å²) >= 11 is 0. The first-order valence-electron chi connectivity index (χ1n) is 10.00. The third-order valence-electron chi connectivity index (χ3n) is 5.29. The van der Waals surface area contributed by atoms with E-state index in [2.05, 4.69) is 36.3 Å². The Morgan fingerprint density at radius 2 is 2.04 bits per heavy atom. The zero-order chi connectivity index (χ0) is 17.3. The van der Waals surface area contributed by atoms with Crippen LogP contribution in [0.4, 0.5) is 0 Å². The Balaban J connectivity index is 1.60. The Morgan fingerprint density at radius 3 is 2.71 bits per heavy atom. The molecular weight excluding hydrogens is 300 g/mol. The second-order valence-electron chi connectivity index (χ2n) is 7.76. The normalized spacial score (nSPS) is 26.7. The number of nitrogens with one attached hydrogen (secondary N) is 2. The summed E-state index contributed by atoms with van der Waals surface area (Å²) in [5, 5.41) is 6.81. The van der Waals surface area contributed by atoms with E-state index < -0.39 is 0 Å². The summed E-state index contributed by atoms with van der Waals surface area (Å²) < 4.78 is 5.82. The lowest BCUT2D eigenvalue weighted by Crippen LogP contribution is -2.40. The lowest BCUT2D eigenvalue weighted by molar-refractivity contribution is 0.0283. The third kappa shape index (κ3) is 6.98. The molecule has 5 nitrogen and oxygen atoms in total. The molecule has 1 unspecified atom stereocenters. The van der Waals surface area contributed by atoms with Gasteiger partial charge in [0, 0.05) is 19.7 Å². The van der Waals surface area contributed by atoms with Gasteiger partial charge in [0.05, 0.1) is 12.1 Å². The average molecular weight is 339 g/mol. The summed E-state index contributed by atoms with van der Waals surface area (Å²) in [6.45, 7) is 14.0. The summed E-state index contributed by atoms with van der Waals surface area (Å²) in [5.41, 5.74) is -0.0618. The number of hydrogen-bond acceptors (Lipinski definition) is 3. The maximum Gasteiger partial charge on any atom is 0.191 e. The summed E-state index contributed by atoms with van der Waals surface area (Å²) in [7, 11) is 0. The van der Waals surface area contributed by atoms with E-state index in [0.29, 0.717) is 0 Å². The summed E-state index contributed by atoms with van der Waals surface area (Å²) in [6, 6.07) is 0. The quantitative estimate of drug-likeness (QED) is 0.406.